The molecule has 0 aliphatic carbocycles. The first kappa shape index (κ1) is 15.7. The van der Waals surface area contributed by atoms with Crippen LogP contribution in [0.5, 0.6) is 11.5 Å². The van der Waals surface area contributed by atoms with Gasteiger partial charge in [-0.05, 0) is 48.5 Å². The number of benzene rings is 2. The Bertz CT molecular complexity index is 844. The molecule has 1 atom stereocenters. The van der Waals surface area contributed by atoms with E-state index in [0.717, 1.165) is 28.6 Å². The highest BCUT2D eigenvalue weighted by molar-refractivity contribution is 5.57. The molecule has 128 valence electrons. The first-order valence-corrected chi connectivity index (χ1v) is 8.22. The molecule has 0 fully saturated rings. The molecular formula is C20H18FNO3. The Balaban J connectivity index is 1.30. The molecule has 0 bridgehead atoms. The first-order valence-electron chi connectivity index (χ1n) is 8.22. The van der Waals surface area contributed by atoms with Gasteiger partial charge in [0.2, 0.25) is 0 Å². The molecule has 5 heteroatoms. The van der Waals surface area contributed by atoms with Gasteiger partial charge in [-0.25, -0.2) is 4.39 Å². The molecule has 0 spiro atoms. The number of hydrogen-bond acceptors (Lipinski definition) is 4. The third-order valence-corrected chi connectivity index (χ3v) is 4.03. The molecular weight excluding hydrogens is 321 g/mol. The summed E-state index contributed by atoms with van der Waals surface area (Å²) in [6, 6.07) is 17.7. The van der Waals surface area contributed by atoms with Crippen LogP contribution in [0.1, 0.15) is 5.76 Å². The van der Waals surface area contributed by atoms with E-state index in [1.54, 1.807) is 12.1 Å². The maximum Gasteiger partial charge on any atom is 0.161 e. The van der Waals surface area contributed by atoms with Crippen LogP contribution in [-0.2, 0) is 6.54 Å². The summed E-state index contributed by atoms with van der Waals surface area (Å²) in [4.78, 5) is 0. The molecule has 1 aliphatic heterocycles. The molecule has 1 N–H and O–H groups in total. The highest BCUT2D eigenvalue weighted by atomic mass is 19.1. The van der Waals surface area contributed by atoms with Crippen molar-refractivity contribution in [3.63, 3.8) is 0 Å². The molecule has 2 heterocycles. The molecule has 2 aromatic carbocycles. The standard InChI is InChI=1S/C20H18FNO3/c21-15-7-5-14(6-8-15)18-10-9-16(24-18)11-22-12-17-13-23-19-3-1-2-4-20(19)25-17/h1-10,17,22H,11-13H2. The van der Waals surface area contributed by atoms with E-state index in [-0.39, 0.29) is 11.9 Å². The average molecular weight is 339 g/mol. The van der Waals surface area contributed by atoms with Crippen molar-refractivity contribution in [1.82, 2.24) is 5.32 Å². The van der Waals surface area contributed by atoms with Crippen LogP contribution in [0.15, 0.2) is 65.1 Å². The summed E-state index contributed by atoms with van der Waals surface area (Å²) in [7, 11) is 0. The van der Waals surface area contributed by atoms with E-state index in [1.165, 1.54) is 12.1 Å². The molecule has 0 radical (unpaired) electrons. The molecule has 0 saturated carbocycles. The molecule has 1 aliphatic rings. The third-order valence-electron chi connectivity index (χ3n) is 4.03. The quantitative estimate of drug-likeness (QED) is 0.763. The van der Waals surface area contributed by atoms with Crippen LogP contribution >= 0.6 is 0 Å². The van der Waals surface area contributed by atoms with Crippen LogP contribution in [0.3, 0.4) is 0 Å². The zero-order valence-electron chi connectivity index (χ0n) is 13.6. The van der Waals surface area contributed by atoms with Crippen LogP contribution in [0.2, 0.25) is 0 Å². The normalized spacial score (nSPS) is 16.0. The smallest absolute Gasteiger partial charge is 0.161 e. The van der Waals surface area contributed by atoms with E-state index in [9.17, 15) is 4.39 Å². The minimum absolute atomic E-state index is 0.0403. The lowest BCUT2D eigenvalue weighted by molar-refractivity contribution is 0.0899. The number of hydrogen-bond donors (Lipinski definition) is 1. The van der Waals surface area contributed by atoms with Crippen LogP contribution in [-0.4, -0.2) is 19.3 Å². The predicted octanol–water partition coefficient (Wildman–Crippen LogP) is 4.02. The molecule has 4 nitrogen and oxygen atoms in total. The van der Waals surface area contributed by atoms with E-state index in [2.05, 4.69) is 5.32 Å². The Morgan fingerprint density at radius 1 is 0.960 bits per heavy atom. The lowest BCUT2D eigenvalue weighted by Crippen LogP contribution is -2.38. The summed E-state index contributed by atoms with van der Waals surface area (Å²) in [5.74, 6) is 2.85. The molecule has 3 aromatic rings. The van der Waals surface area contributed by atoms with Crippen molar-refractivity contribution in [2.45, 2.75) is 12.6 Å². The monoisotopic (exact) mass is 339 g/mol. The number of ether oxygens (including phenoxy) is 2. The fourth-order valence-electron chi connectivity index (χ4n) is 2.76. The second-order valence-corrected chi connectivity index (χ2v) is 5.90. The number of rotatable bonds is 5. The third kappa shape index (κ3) is 3.67. The second-order valence-electron chi connectivity index (χ2n) is 5.90. The molecule has 1 unspecified atom stereocenters. The van der Waals surface area contributed by atoms with Crippen LogP contribution in [0.4, 0.5) is 4.39 Å². The zero-order valence-corrected chi connectivity index (χ0v) is 13.6. The lowest BCUT2D eigenvalue weighted by atomic mass is 10.2. The number of para-hydroxylation sites is 2. The summed E-state index contributed by atoms with van der Waals surface area (Å²) in [6.07, 6.45) is -0.0403. The van der Waals surface area contributed by atoms with Crippen molar-refractivity contribution in [2.24, 2.45) is 0 Å². The van der Waals surface area contributed by atoms with Crippen molar-refractivity contribution in [1.29, 1.82) is 0 Å². The number of nitrogens with one attached hydrogen (secondary N) is 1. The van der Waals surface area contributed by atoms with E-state index in [4.69, 9.17) is 13.9 Å². The largest absolute Gasteiger partial charge is 0.486 e. The van der Waals surface area contributed by atoms with Gasteiger partial charge >= 0.3 is 0 Å². The van der Waals surface area contributed by atoms with Gasteiger partial charge in [0.05, 0.1) is 6.54 Å². The van der Waals surface area contributed by atoms with Crippen molar-refractivity contribution in [2.75, 3.05) is 13.2 Å². The van der Waals surface area contributed by atoms with Crippen LogP contribution in [0, 0.1) is 5.82 Å². The van der Waals surface area contributed by atoms with E-state index < -0.39 is 0 Å². The summed E-state index contributed by atoms with van der Waals surface area (Å²) >= 11 is 0. The number of furan rings is 1. The van der Waals surface area contributed by atoms with Crippen LogP contribution < -0.4 is 14.8 Å². The van der Waals surface area contributed by atoms with Gasteiger partial charge < -0.3 is 19.2 Å². The maximum absolute atomic E-state index is 13.0. The lowest BCUT2D eigenvalue weighted by Gasteiger charge is -2.26. The average Bonchev–Trinajstić information content (AvgIpc) is 3.11. The zero-order chi connectivity index (χ0) is 17.1. The molecule has 4 rings (SSSR count). The Morgan fingerprint density at radius 2 is 1.76 bits per heavy atom. The predicted molar refractivity (Wildman–Crippen MR) is 92.2 cm³/mol. The number of fused-ring (bicyclic) bond motifs is 1. The minimum Gasteiger partial charge on any atom is -0.486 e. The topological polar surface area (TPSA) is 43.6 Å². The number of halogens is 1. The fourth-order valence-corrected chi connectivity index (χ4v) is 2.76. The highest BCUT2D eigenvalue weighted by Crippen LogP contribution is 2.30. The van der Waals surface area contributed by atoms with Crippen LogP contribution in [0.25, 0.3) is 11.3 Å². The van der Waals surface area contributed by atoms with Gasteiger partial charge in [-0.3, -0.25) is 0 Å². The Kier molecular flexibility index (Phi) is 4.39. The van der Waals surface area contributed by atoms with Gasteiger partial charge in [0, 0.05) is 12.1 Å². The first-order chi connectivity index (χ1) is 12.3. The van der Waals surface area contributed by atoms with E-state index in [0.29, 0.717) is 19.7 Å². The van der Waals surface area contributed by atoms with Gasteiger partial charge in [0.25, 0.3) is 0 Å². The summed E-state index contributed by atoms with van der Waals surface area (Å²) in [6.45, 7) is 1.76. The minimum atomic E-state index is -0.256. The maximum atomic E-state index is 13.0. The Morgan fingerprint density at radius 3 is 2.60 bits per heavy atom. The van der Waals surface area contributed by atoms with E-state index in [1.807, 2.05) is 36.4 Å². The second kappa shape index (κ2) is 6.99. The summed E-state index contributed by atoms with van der Waals surface area (Å²) in [5.41, 5.74) is 0.855. The van der Waals surface area contributed by atoms with Gasteiger partial charge in [-0.2, -0.15) is 0 Å². The van der Waals surface area contributed by atoms with E-state index >= 15 is 0 Å². The fraction of sp³-hybridized carbons (Fsp3) is 0.200. The molecule has 25 heavy (non-hydrogen) atoms. The van der Waals surface area contributed by atoms with Gasteiger partial charge in [0.1, 0.15) is 30.0 Å². The van der Waals surface area contributed by atoms with Crippen molar-refractivity contribution < 1.29 is 18.3 Å². The molecule has 0 amide bonds. The molecule has 0 saturated heterocycles. The van der Waals surface area contributed by atoms with Gasteiger partial charge in [0.15, 0.2) is 11.5 Å². The summed E-state index contributed by atoms with van der Waals surface area (Å²) < 4.78 is 30.4. The Hall–Kier alpha value is -2.79. The highest BCUT2D eigenvalue weighted by Gasteiger charge is 2.20. The van der Waals surface area contributed by atoms with Crippen molar-refractivity contribution in [3.8, 4) is 22.8 Å². The molecule has 1 aromatic heterocycles. The van der Waals surface area contributed by atoms with Crippen molar-refractivity contribution in [3.05, 3.63) is 72.2 Å². The summed E-state index contributed by atoms with van der Waals surface area (Å²) in [5, 5.41) is 3.32. The SMILES string of the molecule is Fc1ccc(-c2ccc(CNCC3COc4ccccc4O3)o2)cc1. The Labute approximate surface area is 145 Å². The van der Waals surface area contributed by atoms with Gasteiger partial charge in [-0.1, -0.05) is 12.1 Å². The van der Waals surface area contributed by atoms with Gasteiger partial charge in [-0.15, -0.1) is 0 Å². The van der Waals surface area contributed by atoms with Crippen molar-refractivity contribution >= 4 is 0 Å².